The van der Waals surface area contributed by atoms with Crippen LogP contribution in [-0.4, -0.2) is 34.6 Å². The summed E-state index contributed by atoms with van der Waals surface area (Å²) < 4.78 is 54.4. The van der Waals surface area contributed by atoms with Gasteiger partial charge in [0.2, 0.25) is 0 Å². The minimum absolute atomic E-state index is 0.0239. The number of hydrogen-bond acceptors (Lipinski definition) is 5. The fourth-order valence-corrected chi connectivity index (χ4v) is 3.05. The topological polar surface area (TPSA) is 81.9 Å². The number of aromatic nitrogens is 2. The van der Waals surface area contributed by atoms with Gasteiger partial charge in [0.1, 0.15) is 11.9 Å². The SMILES string of the molecule is Cc1ccc(NC(=O)C2(F)CCN(c3cnc(C#N)c(C(F)(F)F)c3)CC2)nc1. The Morgan fingerprint density at radius 1 is 1.24 bits per heavy atom. The highest BCUT2D eigenvalue weighted by molar-refractivity contribution is 5.96. The second kappa shape index (κ2) is 7.66. The number of aryl methyl sites for hydroxylation is 1. The number of nitrogens with one attached hydrogen (secondary N) is 1. The molecule has 0 radical (unpaired) electrons. The van der Waals surface area contributed by atoms with Crippen LogP contribution in [0.1, 0.15) is 29.7 Å². The smallest absolute Gasteiger partial charge is 0.370 e. The number of anilines is 2. The van der Waals surface area contributed by atoms with E-state index in [4.69, 9.17) is 5.26 Å². The maximum atomic E-state index is 15.1. The van der Waals surface area contributed by atoms with Gasteiger partial charge in [-0.3, -0.25) is 4.79 Å². The normalized spacial score (nSPS) is 16.2. The number of hydrogen-bond donors (Lipinski definition) is 1. The van der Waals surface area contributed by atoms with Crippen molar-refractivity contribution in [2.75, 3.05) is 23.3 Å². The third-order valence-corrected chi connectivity index (χ3v) is 4.77. The van der Waals surface area contributed by atoms with Crippen molar-refractivity contribution in [3.05, 3.63) is 47.4 Å². The van der Waals surface area contributed by atoms with Crippen LogP contribution in [-0.2, 0) is 11.0 Å². The molecular formula is C19H17F4N5O. The van der Waals surface area contributed by atoms with E-state index in [-0.39, 0.29) is 37.4 Å². The number of halogens is 4. The van der Waals surface area contributed by atoms with Crippen LogP contribution in [0.15, 0.2) is 30.6 Å². The van der Waals surface area contributed by atoms with E-state index in [9.17, 15) is 18.0 Å². The van der Waals surface area contributed by atoms with E-state index in [0.717, 1.165) is 17.8 Å². The summed E-state index contributed by atoms with van der Waals surface area (Å²) in [5.41, 5.74) is -3.00. The van der Waals surface area contributed by atoms with E-state index in [1.807, 2.05) is 6.92 Å². The van der Waals surface area contributed by atoms with E-state index in [1.165, 1.54) is 11.0 Å². The molecule has 1 aliphatic rings. The van der Waals surface area contributed by atoms with Gasteiger partial charge in [0.25, 0.3) is 5.91 Å². The lowest BCUT2D eigenvalue weighted by Crippen LogP contribution is -2.49. The average molecular weight is 407 g/mol. The zero-order valence-electron chi connectivity index (χ0n) is 15.4. The molecule has 0 aromatic carbocycles. The molecule has 3 heterocycles. The van der Waals surface area contributed by atoms with Crippen LogP contribution >= 0.6 is 0 Å². The van der Waals surface area contributed by atoms with Crippen LogP contribution in [0.5, 0.6) is 0 Å². The van der Waals surface area contributed by atoms with Gasteiger partial charge in [-0.15, -0.1) is 0 Å². The maximum Gasteiger partial charge on any atom is 0.419 e. The van der Waals surface area contributed by atoms with Gasteiger partial charge in [0.15, 0.2) is 11.4 Å². The van der Waals surface area contributed by atoms with Gasteiger partial charge in [-0.2, -0.15) is 18.4 Å². The molecule has 1 saturated heterocycles. The number of amides is 1. The van der Waals surface area contributed by atoms with Crippen molar-refractivity contribution in [3.8, 4) is 6.07 Å². The highest BCUT2D eigenvalue weighted by Crippen LogP contribution is 2.35. The maximum absolute atomic E-state index is 15.1. The summed E-state index contributed by atoms with van der Waals surface area (Å²) in [6.45, 7) is 1.87. The largest absolute Gasteiger partial charge is 0.419 e. The summed E-state index contributed by atoms with van der Waals surface area (Å²) in [6.07, 6.45) is -2.44. The molecule has 0 saturated carbocycles. The second-order valence-electron chi connectivity index (χ2n) is 6.83. The van der Waals surface area contributed by atoms with Crippen LogP contribution in [0.3, 0.4) is 0 Å². The third kappa shape index (κ3) is 4.45. The van der Waals surface area contributed by atoms with Crippen molar-refractivity contribution in [3.63, 3.8) is 0 Å². The highest BCUT2D eigenvalue weighted by atomic mass is 19.4. The molecule has 0 spiro atoms. The predicted octanol–water partition coefficient (Wildman–Crippen LogP) is 3.62. The number of carbonyl (C=O) groups is 1. The van der Waals surface area contributed by atoms with E-state index < -0.39 is 29.0 Å². The van der Waals surface area contributed by atoms with Gasteiger partial charge in [0.05, 0.1) is 17.4 Å². The Labute approximate surface area is 164 Å². The molecule has 1 aliphatic heterocycles. The predicted molar refractivity (Wildman–Crippen MR) is 96.8 cm³/mol. The Morgan fingerprint density at radius 3 is 2.48 bits per heavy atom. The van der Waals surface area contributed by atoms with Crippen LogP contribution in [0.25, 0.3) is 0 Å². The second-order valence-corrected chi connectivity index (χ2v) is 6.83. The van der Waals surface area contributed by atoms with Gasteiger partial charge in [-0.05, 0) is 24.6 Å². The lowest BCUT2D eigenvalue weighted by atomic mass is 9.92. The van der Waals surface area contributed by atoms with Crippen molar-refractivity contribution < 1.29 is 22.4 Å². The first-order chi connectivity index (χ1) is 13.6. The van der Waals surface area contributed by atoms with Crippen LogP contribution in [0, 0.1) is 18.3 Å². The number of alkyl halides is 4. The first-order valence-corrected chi connectivity index (χ1v) is 8.78. The molecule has 10 heteroatoms. The lowest BCUT2D eigenvalue weighted by Gasteiger charge is -2.36. The number of piperidine rings is 1. The molecule has 0 unspecified atom stereocenters. The Bertz CT molecular complexity index is 945. The molecule has 29 heavy (non-hydrogen) atoms. The molecule has 0 aliphatic carbocycles. The molecule has 1 fully saturated rings. The molecular weight excluding hydrogens is 390 g/mol. The molecule has 1 amide bonds. The van der Waals surface area contributed by atoms with Crippen LogP contribution in [0.4, 0.5) is 29.1 Å². The Morgan fingerprint density at radius 2 is 1.93 bits per heavy atom. The fourth-order valence-electron chi connectivity index (χ4n) is 3.05. The first-order valence-electron chi connectivity index (χ1n) is 8.78. The van der Waals surface area contributed by atoms with Crippen molar-refractivity contribution in [2.24, 2.45) is 0 Å². The molecule has 2 aromatic rings. The Balaban J connectivity index is 1.70. The fraction of sp³-hybridized carbons (Fsp3) is 0.368. The summed E-state index contributed by atoms with van der Waals surface area (Å²) in [4.78, 5) is 21.4. The summed E-state index contributed by atoms with van der Waals surface area (Å²) >= 11 is 0. The molecule has 3 rings (SSSR count). The number of pyridine rings is 2. The molecule has 0 atom stereocenters. The monoisotopic (exact) mass is 407 g/mol. The zero-order valence-corrected chi connectivity index (χ0v) is 15.4. The third-order valence-electron chi connectivity index (χ3n) is 4.77. The van der Waals surface area contributed by atoms with Gasteiger partial charge < -0.3 is 10.2 Å². The van der Waals surface area contributed by atoms with Gasteiger partial charge >= 0.3 is 6.18 Å². The van der Waals surface area contributed by atoms with E-state index >= 15 is 4.39 Å². The number of carbonyl (C=O) groups excluding carboxylic acids is 1. The first kappa shape index (κ1) is 20.5. The van der Waals surface area contributed by atoms with Crippen molar-refractivity contribution >= 4 is 17.4 Å². The minimum Gasteiger partial charge on any atom is -0.370 e. The summed E-state index contributed by atoms with van der Waals surface area (Å²) in [6, 6.07) is 5.54. The molecule has 0 bridgehead atoms. The van der Waals surface area contributed by atoms with Crippen molar-refractivity contribution in [1.82, 2.24) is 9.97 Å². The van der Waals surface area contributed by atoms with Crippen molar-refractivity contribution in [2.45, 2.75) is 31.6 Å². The molecule has 1 N–H and O–H groups in total. The lowest BCUT2D eigenvalue weighted by molar-refractivity contribution is -0.138. The van der Waals surface area contributed by atoms with E-state index in [1.54, 1.807) is 18.3 Å². The highest BCUT2D eigenvalue weighted by Gasteiger charge is 2.42. The number of nitrogens with zero attached hydrogens (tertiary/aromatic N) is 4. The Kier molecular flexibility index (Phi) is 5.42. The van der Waals surface area contributed by atoms with Gasteiger partial charge in [-0.25, -0.2) is 14.4 Å². The number of rotatable bonds is 3. The summed E-state index contributed by atoms with van der Waals surface area (Å²) in [7, 11) is 0. The standard InChI is InChI=1S/C19H17F4N5O/c1-12-2-3-16(26-10-12)27-17(29)18(20)4-6-28(7-5-18)13-8-14(19(21,22)23)15(9-24)25-11-13/h2-3,8,10-11H,4-7H2,1H3,(H,26,27,29). The van der Waals surface area contributed by atoms with E-state index in [2.05, 4.69) is 15.3 Å². The van der Waals surface area contributed by atoms with Crippen LogP contribution < -0.4 is 10.2 Å². The summed E-state index contributed by atoms with van der Waals surface area (Å²) in [5, 5.41) is 11.3. The average Bonchev–Trinajstić information content (AvgIpc) is 2.69. The summed E-state index contributed by atoms with van der Waals surface area (Å²) in [5.74, 6) is -0.603. The molecule has 152 valence electrons. The van der Waals surface area contributed by atoms with Crippen LogP contribution in [0.2, 0.25) is 0 Å². The van der Waals surface area contributed by atoms with E-state index in [0.29, 0.717) is 0 Å². The number of nitriles is 1. The zero-order chi connectivity index (χ0) is 21.2. The van der Waals surface area contributed by atoms with Crippen molar-refractivity contribution in [1.29, 1.82) is 5.26 Å². The van der Waals surface area contributed by atoms with Gasteiger partial charge in [0, 0.05) is 32.1 Å². The quantitative estimate of drug-likeness (QED) is 0.786. The molecule has 6 nitrogen and oxygen atoms in total. The van der Waals surface area contributed by atoms with Gasteiger partial charge in [-0.1, -0.05) is 6.07 Å². The Hall–Kier alpha value is -3.22. The molecule has 2 aromatic heterocycles. The minimum atomic E-state index is -4.73.